The van der Waals surface area contributed by atoms with Gasteiger partial charge in [-0.05, 0) is 17.7 Å². The molecule has 0 heterocycles. The first-order chi connectivity index (χ1) is 8.33. The highest BCUT2D eigenvalue weighted by Crippen LogP contribution is 2.27. The number of alkyl halides is 3. The van der Waals surface area contributed by atoms with Gasteiger partial charge in [0.2, 0.25) is 0 Å². The Balaban J connectivity index is 2.56. The summed E-state index contributed by atoms with van der Waals surface area (Å²) in [7, 11) is 1.43. The Hall–Kier alpha value is -0.980. The molecule has 102 valence electrons. The van der Waals surface area contributed by atoms with Crippen LogP contribution in [0.1, 0.15) is 11.7 Å². The second-order valence-electron chi connectivity index (χ2n) is 3.54. The van der Waals surface area contributed by atoms with Gasteiger partial charge in [0, 0.05) is 0 Å². The van der Waals surface area contributed by atoms with E-state index in [2.05, 4.69) is 4.74 Å². The van der Waals surface area contributed by atoms with Gasteiger partial charge in [0.25, 0.3) is 0 Å². The highest BCUT2D eigenvalue weighted by molar-refractivity contribution is 6.32. The summed E-state index contributed by atoms with van der Waals surface area (Å²) < 4.78 is 44.8. The number of aliphatic hydroxyl groups excluding tert-OH is 1. The molecule has 0 aliphatic carbocycles. The van der Waals surface area contributed by atoms with Crippen LogP contribution in [-0.2, 0) is 4.74 Å². The molecule has 1 unspecified atom stereocenters. The quantitative estimate of drug-likeness (QED) is 0.903. The van der Waals surface area contributed by atoms with Gasteiger partial charge in [0.05, 0.1) is 18.7 Å². The minimum atomic E-state index is -4.41. The van der Waals surface area contributed by atoms with Crippen molar-refractivity contribution in [3.8, 4) is 5.75 Å². The molecule has 7 heteroatoms. The lowest BCUT2D eigenvalue weighted by molar-refractivity contribution is -0.179. The Morgan fingerprint density at radius 2 is 2.06 bits per heavy atom. The van der Waals surface area contributed by atoms with E-state index in [0.29, 0.717) is 11.3 Å². The van der Waals surface area contributed by atoms with Crippen LogP contribution in [0.4, 0.5) is 13.2 Å². The molecule has 1 rings (SSSR count). The Labute approximate surface area is 107 Å². The number of rotatable bonds is 5. The SMILES string of the molecule is COc1ccc(C(O)COCC(F)(F)F)cc1Cl. The van der Waals surface area contributed by atoms with E-state index in [0.717, 1.165) is 0 Å². The molecule has 0 aliphatic rings. The Kier molecular flexibility index (Phi) is 5.25. The lowest BCUT2D eigenvalue weighted by atomic mass is 10.1. The van der Waals surface area contributed by atoms with E-state index in [9.17, 15) is 18.3 Å². The third kappa shape index (κ3) is 4.72. The lowest BCUT2D eigenvalue weighted by Gasteiger charge is -2.14. The summed E-state index contributed by atoms with van der Waals surface area (Å²) in [4.78, 5) is 0. The molecule has 1 aromatic rings. The van der Waals surface area contributed by atoms with Gasteiger partial charge in [0.1, 0.15) is 18.5 Å². The fourth-order valence-electron chi connectivity index (χ4n) is 1.27. The van der Waals surface area contributed by atoms with Gasteiger partial charge in [-0.3, -0.25) is 0 Å². The van der Waals surface area contributed by atoms with Crippen molar-refractivity contribution in [2.24, 2.45) is 0 Å². The van der Waals surface area contributed by atoms with Gasteiger partial charge in [-0.1, -0.05) is 17.7 Å². The number of hydrogen-bond donors (Lipinski definition) is 1. The molecule has 0 radical (unpaired) electrons. The maximum atomic E-state index is 11.8. The molecule has 0 saturated heterocycles. The molecule has 0 saturated carbocycles. The fraction of sp³-hybridized carbons (Fsp3) is 0.455. The van der Waals surface area contributed by atoms with E-state index >= 15 is 0 Å². The number of hydrogen-bond acceptors (Lipinski definition) is 3. The van der Waals surface area contributed by atoms with Crippen molar-refractivity contribution in [1.82, 2.24) is 0 Å². The van der Waals surface area contributed by atoms with Gasteiger partial charge in [0.15, 0.2) is 0 Å². The summed E-state index contributed by atoms with van der Waals surface area (Å²) in [6.07, 6.45) is -5.58. The maximum absolute atomic E-state index is 11.8. The highest BCUT2D eigenvalue weighted by Gasteiger charge is 2.27. The number of aliphatic hydroxyl groups is 1. The molecule has 0 bridgehead atoms. The largest absolute Gasteiger partial charge is 0.495 e. The summed E-state index contributed by atoms with van der Waals surface area (Å²) in [5.74, 6) is 0.420. The van der Waals surface area contributed by atoms with Gasteiger partial charge in [-0.2, -0.15) is 13.2 Å². The van der Waals surface area contributed by atoms with Crippen molar-refractivity contribution in [1.29, 1.82) is 0 Å². The summed E-state index contributed by atoms with van der Waals surface area (Å²) in [6.45, 7) is -1.85. The maximum Gasteiger partial charge on any atom is 0.411 e. The molecule has 0 aromatic heterocycles. The van der Waals surface area contributed by atoms with Crippen molar-refractivity contribution in [2.75, 3.05) is 20.3 Å². The minimum Gasteiger partial charge on any atom is -0.495 e. The number of halogens is 4. The van der Waals surface area contributed by atoms with Crippen molar-refractivity contribution in [2.45, 2.75) is 12.3 Å². The normalized spacial score (nSPS) is 13.4. The zero-order valence-corrected chi connectivity index (χ0v) is 10.3. The lowest BCUT2D eigenvalue weighted by Crippen LogP contribution is -2.19. The van der Waals surface area contributed by atoms with Crippen molar-refractivity contribution in [3.05, 3.63) is 28.8 Å². The average Bonchev–Trinajstić information content (AvgIpc) is 2.27. The zero-order valence-electron chi connectivity index (χ0n) is 9.50. The van der Waals surface area contributed by atoms with Crippen LogP contribution in [0.25, 0.3) is 0 Å². The van der Waals surface area contributed by atoms with Gasteiger partial charge >= 0.3 is 6.18 Å². The van der Waals surface area contributed by atoms with Crippen LogP contribution in [0, 0.1) is 0 Å². The first-order valence-electron chi connectivity index (χ1n) is 4.99. The summed E-state index contributed by atoms with van der Waals surface area (Å²) in [5.41, 5.74) is 0.364. The monoisotopic (exact) mass is 284 g/mol. The van der Waals surface area contributed by atoms with Crippen LogP contribution in [0.5, 0.6) is 5.75 Å². The molecule has 0 fully saturated rings. The van der Waals surface area contributed by atoms with Crippen LogP contribution in [-0.4, -0.2) is 31.6 Å². The van der Waals surface area contributed by atoms with Crippen LogP contribution < -0.4 is 4.74 Å². The molecule has 0 aliphatic heterocycles. The van der Waals surface area contributed by atoms with Crippen LogP contribution >= 0.6 is 11.6 Å². The van der Waals surface area contributed by atoms with Crippen molar-refractivity contribution < 1.29 is 27.8 Å². The zero-order chi connectivity index (χ0) is 13.8. The average molecular weight is 285 g/mol. The Morgan fingerprint density at radius 3 is 2.56 bits per heavy atom. The molecule has 0 spiro atoms. The fourth-order valence-corrected chi connectivity index (χ4v) is 1.54. The molecule has 3 nitrogen and oxygen atoms in total. The molecule has 18 heavy (non-hydrogen) atoms. The standard InChI is InChI=1S/C11H12ClF3O3/c1-17-10-3-2-7(4-8(10)12)9(16)5-18-6-11(13,14)15/h2-4,9,16H,5-6H2,1H3. The van der Waals surface area contributed by atoms with Crippen molar-refractivity contribution >= 4 is 11.6 Å². The number of ether oxygens (including phenoxy) is 2. The first kappa shape index (κ1) is 15.1. The Bertz CT molecular complexity index is 396. The minimum absolute atomic E-state index is 0.268. The van der Waals surface area contributed by atoms with E-state index in [1.165, 1.54) is 25.3 Å². The van der Waals surface area contributed by atoms with E-state index in [1.807, 2.05) is 0 Å². The van der Waals surface area contributed by atoms with E-state index < -0.39 is 25.5 Å². The smallest absolute Gasteiger partial charge is 0.411 e. The van der Waals surface area contributed by atoms with Crippen LogP contribution in [0.2, 0.25) is 5.02 Å². The third-order valence-corrected chi connectivity index (χ3v) is 2.40. The number of methoxy groups -OCH3 is 1. The summed E-state index contributed by atoms with van der Waals surface area (Å²) in [5, 5.41) is 9.88. The van der Waals surface area contributed by atoms with Gasteiger partial charge in [-0.15, -0.1) is 0 Å². The van der Waals surface area contributed by atoms with E-state index in [4.69, 9.17) is 16.3 Å². The molecule has 1 atom stereocenters. The van der Waals surface area contributed by atoms with Crippen molar-refractivity contribution in [3.63, 3.8) is 0 Å². The molecular weight excluding hydrogens is 273 g/mol. The molecule has 1 N–H and O–H groups in total. The van der Waals surface area contributed by atoms with E-state index in [-0.39, 0.29) is 5.02 Å². The van der Waals surface area contributed by atoms with E-state index in [1.54, 1.807) is 0 Å². The second-order valence-corrected chi connectivity index (χ2v) is 3.95. The van der Waals surface area contributed by atoms with Crippen LogP contribution in [0.15, 0.2) is 18.2 Å². The molecule has 1 aromatic carbocycles. The topological polar surface area (TPSA) is 38.7 Å². The molecule has 0 amide bonds. The first-order valence-corrected chi connectivity index (χ1v) is 5.37. The summed E-state index contributed by atoms with van der Waals surface area (Å²) >= 11 is 5.82. The predicted octanol–water partition coefficient (Wildman–Crippen LogP) is 2.96. The second kappa shape index (κ2) is 6.26. The Morgan fingerprint density at radius 1 is 1.39 bits per heavy atom. The third-order valence-electron chi connectivity index (χ3n) is 2.10. The van der Waals surface area contributed by atoms with Crippen LogP contribution in [0.3, 0.4) is 0 Å². The predicted molar refractivity (Wildman–Crippen MR) is 59.8 cm³/mol. The molecular formula is C11H12ClF3O3. The van der Waals surface area contributed by atoms with Gasteiger partial charge in [-0.25, -0.2) is 0 Å². The summed E-state index contributed by atoms with van der Waals surface area (Å²) in [6, 6.07) is 4.44. The highest BCUT2D eigenvalue weighted by atomic mass is 35.5. The number of benzene rings is 1. The van der Waals surface area contributed by atoms with Gasteiger partial charge < -0.3 is 14.6 Å².